The molecule has 0 N–H and O–H groups in total. The van der Waals surface area contributed by atoms with Gasteiger partial charge in [0, 0.05) is 25.2 Å². The number of carbonyl (C=O) groups is 1. The Morgan fingerprint density at radius 3 is 2.58 bits per heavy atom. The molecule has 0 radical (unpaired) electrons. The average Bonchev–Trinajstić information content (AvgIpc) is 3.35. The Morgan fingerprint density at radius 1 is 0.962 bits per heavy atom. The van der Waals surface area contributed by atoms with Crippen LogP contribution in [-0.2, 0) is 11.2 Å². The van der Waals surface area contributed by atoms with Gasteiger partial charge in [-0.2, -0.15) is 0 Å². The van der Waals surface area contributed by atoms with Gasteiger partial charge in [-0.25, -0.2) is 0 Å². The van der Waals surface area contributed by atoms with Crippen LogP contribution in [0.1, 0.15) is 48.7 Å². The summed E-state index contributed by atoms with van der Waals surface area (Å²) in [6.07, 6.45) is 5.39. The van der Waals surface area contributed by atoms with Crippen molar-refractivity contribution in [1.29, 1.82) is 0 Å². The maximum atomic E-state index is 12.6. The molecule has 1 aromatic heterocycles. The minimum Gasteiger partial charge on any atom is -0.342 e. The highest BCUT2D eigenvalue weighted by atomic mass is 16.2. The second-order valence-corrected chi connectivity index (χ2v) is 7.43. The summed E-state index contributed by atoms with van der Waals surface area (Å²) in [6, 6.07) is 17.1. The Bertz CT molecular complexity index is 740. The predicted octanol–water partition coefficient (Wildman–Crippen LogP) is 3.43. The molecule has 0 saturated carbocycles. The second kappa shape index (κ2) is 8.00. The molecular formula is C22H27N3O. The molecule has 136 valence electrons. The van der Waals surface area contributed by atoms with Crippen molar-refractivity contribution in [2.45, 2.75) is 38.1 Å². The van der Waals surface area contributed by atoms with Gasteiger partial charge in [-0.05, 0) is 49.9 Å². The first kappa shape index (κ1) is 17.2. The molecule has 1 atom stereocenters. The first-order chi connectivity index (χ1) is 12.8. The van der Waals surface area contributed by atoms with E-state index in [0.29, 0.717) is 6.54 Å². The molecule has 2 aromatic rings. The van der Waals surface area contributed by atoms with E-state index in [4.69, 9.17) is 4.98 Å². The summed E-state index contributed by atoms with van der Waals surface area (Å²) >= 11 is 0. The number of nitrogens with zero attached hydrogens (tertiary/aromatic N) is 3. The van der Waals surface area contributed by atoms with Crippen molar-refractivity contribution in [2.75, 3.05) is 26.2 Å². The van der Waals surface area contributed by atoms with Crippen molar-refractivity contribution in [2.24, 2.45) is 0 Å². The lowest BCUT2D eigenvalue weighted by Crippen LogP contribution is -2.38. The number of likely N-dealkylation sites (tertiary alicyclic amines) is 2. The van der Waals surface area contributed by atoms with E-state index in [1.807, 2.05) is 11.0 Å². The fourth-order valence-corrected chi connectivity index (χ4v) is 4.18. The van der Waals surface area contributed by atoms with E-state index in [1.165, 1.54) is 5.56 Å². The van der Waals surface area contributed by atoms with Gasteiger partial charge in [-0.15, -0.1) is 0 Å². The van der Waals surface area contributed by atoms with Crippen molar-refractivity contribution < 1.29 is 4.79 Å². The van der Waals surface area contributed by atoms with E-state index < -0.39 is 0 Å². The van der Waals surface area contributed by atoms with E-state index in [0.717, 1.165) is 63.1 Å². The number of hydrogen-bond acceptors (Lipinski definition) is 3. The second-order valence-electron chi connectivity index (χ2n) is 7.43. The number of carbonyl (C=O) groups excluding carboxylic acids is 1. The summed E-state index contributed by atoms with van der Waals surface area (Å²) in [5, 5.41) is 0. The standard InChI is InChI=1S/C22H27N3O/c26-22(24-13-4-5-14-24)17-25-15-7-12-21(25)20-11-6-10-19(23-20)16-18-8-2-1-3-9-18/h1-3,6,8-11,21H,4-5,7,12-17H2. The maximum Gasteiger partial charge on any atom is 0.236 e. The molecule has 4 nitrogen and oxygen atoms in total. The summed E-state index contributed by atoms with van der Waals surface area (Å²) in [4.78, 5) is 21.8. The van der Waals surface area contributed by atoms with Gasteiger partial charge >= 0.3 is 0 Å². The number of amides is 1. The molecule has 1 unspecified atom stereocenters. The van der Waals surface area contributed by atoms with Crippen LogP contribution >= 0.6 is 0 Å². The van der Waals surface area contributed by atoms with E-state index >= 15 is 0 Å². The zero-order valence-electron chi connectivity index (χ0n) is 15.3. The summed E-state index contributed by atoms with van der Waals surface area (Å²) < 4.78 is 0. The lowest BCUT2D eigenvalue weighted by atomic mass is 10.1. The zero-order chi connectivity index (χ0) is 17.8. The van der Waals surface area contributed by atoms with Crippen LogP contribution in [0.2, 0.25) is 0 Å². The van der Waals surface area contributed by atoms with Crippen LogP contribution in [0.4, 0.5) is 0 Å². The minimum absolute atomic E-state index is 0.275. The Morgan fingerprint density at radius 2 is 1.77 bits per heavy atom. The predicted molar refractivity (Wildman–Crippen MR) is 103 cm³/mol. The van der Waals surface area contributed by atoms with Gasteiger partial charge in [0.15, 0.2) is 0 Å². The highest BCUT2D eigenvalue weighted by molar-refractivity contribution is 5.78. The van der Waals surface area contributed by atoms with Crippen LogP contribution in [0.25, 0.3) is 0 Å². The van der Waals surface area contributed by atoms with Crippen molar-refractivity contribution in [3.8, 4) is 0 Å². The van der Waals surface area contributed by atoms with Crippen LogP contribution in [0.15, 0.2) is 48.5 Å². The van der Waals surface area contributed by atoms with Gasteiger partial charge in [-0.3, -0.25) is 14.7 Å². The summed E-state index contributed by atoms with van der Waals surface area (Å²) in [5.41, 5.74) is 3.50. The van der Waals surface area contributed by atoms with Crippen molar-refractivity contribution in [1.82, 2.24) is 14.8 Å². The number of benzene rings is 1. The monoisotopic (exact) mass is 349 g/mol. The van der Waals surface area contributed by atoms with Gasteiger partial charge in [0.2, 0.25) is 5.91 Å². The topological polar surface area (TPSA) is 36.4 Å². The average molecular weight is 349 g/mol. The molecule has 2 saturated heterocycles. The lowest BCUT2D eigenvalue weighted by Gasteiger charge is -2.26. The van der Waals surface area contributed by atoms with E-state index in [9.17, 15) is 4.79 Å². The van der Waals surface area contributed by atoms with Crippen molar-refractivity contribution in [3.63, 3.8) is 0 Å². The van der Waals surface area contributed by atoms with Gasteiger partial charge in [0.25, 0.3) is 0 Å². The zero-order valence-corrected chi connectivity index (χ0v) is 15.3. The number of rotatable bonds is 5. The summed E-state index contributed by atoms with van der Waals surface area (Å²) in [6.45, 7) is 3.40. The fraction of sp³-hybridized carbons (Fsp3) is 0.455. The largest absolute Gasteiger partial charge is 0.342 e. The molecule has 0 bridgehead atoms. The molecule has 2 aliphatic rings. The highest BCUT2D eigenvalue weighted by Gasteiger charge is 2.30. The van der Waals surface area contributed by atoms with E-state index in [1.54, 1.807) is 0 Å². The number of aromatic nitrogens is 1. The molecule has 1 aromatic carbocycles. The maximum absolute atomic E-state index is 12.6. The van der Waals surface area contributed by atoms with E-state index in [-0.39, 0.29) is 11.9 Å². The van der Waals surface area contributed by atoms with Crippen LogP contribution in [0.3, 0.4) is 0 Å². The molecule has 4 heteroatoms. The van der Waals surface area contributed by atoms with Gasteiger partial charge < -0.3 is 4.90 Å². The number of hydrogen-bond donors (Lipinski definition) is 0. The Kier molecular flexibility index (Phi) is 5.30. The molecule has 4 rings (SSSR count). The quantitative estimate of drug-likeness (QED) is 0.830. The summed E-state index contributed by atoms with van der Waals surface area (Å²) in [7, 11) is 0. The third kappa shape index (κ3) is 3.96. The van der Waals surface area contributed by atoms with Gasteiger partial charge in [0.05, 0.1) is 18.3 Å². The number of pyridine rings is 1. The van der Waals surface area contributed by atoms with Crippen LogP contribution in [0.5, 0.6) is 0 Å². The normalized spacial score (nSPS) is 20.6. The highest BCUT2D eigenvalue weighted by Crippen LogP contribution is 2.31. The third-order valence-corrected chi connectivity index (χ3v) is 5.56. The molecule has 26 heavy (non-hydrogen) atoms. The van der Waals surface area contributed by atoms with Crippen LogP contribution < -0.4 is 0 Å². The van der Waals surface area contributed by atoms with Gasteiger partial charge in [0.1, 0.15) is 0 Å². The first-order valence-electron chi connectivity index (χ1n) is 9.81. The fourth-order valence-electron chi connectivity index (χ4n) is 4.18. The Labute approximate surface area is 155 Å². The molecule has 1 amide bonds. The molecule has 0 spiro atoms. The molecule has 3 heterocycles. The molecule has 0 aliphatic carbocycles. The Hall–Kier alpha value is -2.20. The van der Waals surface area contributed by atoms with Gasteiger partial charge in [-0.1, -0.05) is 36.4 Å². The molecule has 2 fully saturated rings. The molecular weight excluding hydrogens is 322 g/mol. The van der Waals surface area contributed by atoms with Crippen LogP contribution in [0, 0.1) is 0 Å². The first-order valence-corrected chi connectivity index (χ1v) is 9.81. The lowest BCUT2D eigenvalue weighted by molar-refractivity contribution is -0.131. The van der Waals surface area contributed by atoms with Crippen molar-refractivity contribution >= 4 is 5.91 Å². The third-order valence-electron chi connectivity index (χ3n) is 5.56. The van der Waals surface area contributed by atoms with Crippen molar-refractivity contribution in [3.05, 3.63) is 65.5 Å². The Balaban J connectivity index is 1.45. The molecule has 2 aliphatic heterocycles. The van der Waals surface area contributed by atoms with E-state index in [2.05, 4.69) is 47.4 Å². The smallest absolute Gasteiger partial charge is 0.236 e. The van der Waals surface area contributed by atoms with Crippen LogP contribution in [-0.4, -0.2) is 46.9 Å². The SMILES string of the molecule is O=C(CN1CCCC1c1cccc(Cc2ccccc2)n1)N1CCCC1. The minimum atomic E-state index is 0.275. The summed E-state index contributed by atoms with van der Waals surface area (Å²) in [5.74, 6) is 0.287.